The molecule has 0 unspecified atom stereocenters. The van der Waals surface area contributed by atoms with Gasteiger partial charge in [0.15, 0.2) is 0 Å². The van der Waals surface area contributed by atoms with Crippen LogP contribution >= 0.6 is 0 Å². The number of aryl methyl sites for hydroxylation is 2. The number of aromatic nitrogens is 3. The minimum Gasteiger partial charge on any atom is -0.378 e. The average molecular weight is 196 g/mol. The van der Waals surface area contributed by atoms with E-state index in [9.17, 15) is 0 Å². The van der Waals surface area contributed by atoms with Gasteiger partial charge in [0.05, 0.1) is 13.2 Å². The Bertz CT molecular complexity index is 304. The van der Waals surface area contributed by atoms with E-state index in [4.69, 9.17) is 4.74 Å². The van der Waals surface area contributed by atoms with Gasteiger partial charge in [-0.25, -0.2) is 4.68 Å². The summed E-state index contributed by atoms with van der Waals surface area (Å²) >= 11 is 0. The zero-order valence-electron chi connectivity index (χ0n) is 8.73. The van der Waals surface area contributed by atoms with Crippen LogP contribution in [0.5, 0.6) is 0 Å². The van der Waals surface area contributed by atoms with E-state index in [1.54, 1.807) is 0 Å². The zero-order valence-corrected chi connectivity index (χ0v) is 8.73. The third-order valence-electron chi connectivity index (χ3n) is 2.35. The largest absolute Gasteiger partial charge is 0.378 e. The molecule has 1 fully saturated rings. The Balaban J connectivity index is 2.20. The summed E-state index contributed by atoms with van der Waals surface area (Å²) in [6, 6.07) is 0. The van der Waals surface area contributed by atoms with E-state index in [0.29, 0.717) is 0 Å². The molecule has 0 N–H and O–H groups in total. The van der Waals surface area contributed by atoms with Gasteiger partial charge in [0.1, 0.15) is 5.82 Å². The van der Waals surface area contributed by atoms with Crippen molar-refractivity contribution in [2.24, 2.45) is 0 Å². The summed E-state index contributed by atoms with van der Waals surface area (Å²) in [6.07, 6.45) is 0. The molecule has 0 aliphatic carbocycles. The first kappa shape index (κ1) is 9.45. The molecule has 0 bridgehead atoms. The number of ether oxygens (including phenoxy) is 1. The van der Waals surface area contributed by atoms with Crippen molar-refractivity contribution in [3.05, 3.63) is 5.82 Å². The van der Waals surface area contributed by atoms with Crippen LogP contribution in [0.2, 0.25) is 0 Å². The first-order chi connectivity index (χ1) is 6.81. The fourth-order valence-corrected chi connectivity index (χ4v) is 1.65. The molecule has 2 rings (SSSR count). The normalized spacial score (nSPS) is 17.4. The maximum absolute atomic E-state index is 5.30. The molecule has 14 heavy (non-hydrogen) atoms. The summed E-state index contributed by atoms with van der Waals surface area (Å²) in [5.74, 6) is 1.82. The van der Waals surface area contributed by atoms with Gasteiger partial charge in [-0.1, -0.05) is 0 Å². The topological polar surface area (TPSA) is 43.2 Å². The number of hydrogen-bond acceptors (Lipinski definition) is 4. The van der Waals surface area contributed by atoms with Crippen LogP contribution in [0.15, 0.2) is 0 Å². The number of nitrogens with zero attached hydrogens (tertiary/aromatic N) is 4. The van der Waals surface area contributed by atoms with Gasteiger partial charge >= 0.3 is 0 Å². The number of morpholine rings is 1. The molecular formula is C9H16N4O. The minimum absolute atomic E-state index is 0.787. The summed E-state index contributed by atoms with van der Waals surface area (Å²) in [5, 5.41) is 4.33. The monoisotopic (exact) mass is 196 g/mol. The lowest BCUT2D eigenvalue weighted by molar-refractivity contribution is 0.121. The van der Waals surface area contributed by atoms with Crippen molar-refractivity contribution >= 4 is 5.95 Å². The molecule has 78 valence electrons. The molecule has 5 nitrogen and oxygen atoms in total. The van der Waals surface area contributed by atoms with Crippen molar-refractivity contribution in [2.75, 3.05) is 31.2 Å². The van der Waals surface area contributed by atoms with Gasteiger partial charge in [-0.2, -0.15) is 10.1 Å². The molecule has 5 heteroatoms. The SMILES string of the molecule is CCn1nc(C)nc1N1CCOCC1. The highest BCUT2D eigenvalue weighted by atomic mass is 16.5. The summed E-state index contributed by atoms with van der Waals surface area (Å²) < 4.78 is 7.25. The van der Waals surface area contributed by atoms with Crippen LogP contribution < -0.4 is 4.90 Å². The van der Waals surface area contributed by atoms with Crippen LogP contribution in [0.25, 0.3) is 0 Å². The van der Waals surface area contributed by atoms with Crippen LogP contribution in [-0.4, -0.2) is 41.1 Å². The Morgan fingerprint density at radius 2 is 2.07 bits per heavy atom. The van der Waals surface area contributed by atoms with E-state index in [1.807, 2.05) is 11.6 Å². The predicted octanol–water partition coefficient (Wildman–Crippen LogP) is 0.443. The summed E-state index contributed by atoms with van der Waals surface area (Å²) in [5.41, 5.74) is 0. The Morgan fingerprint density at radius 1 is 1.36 bits per heavy atom. The van der Waals surface area contributed by atoms with E-state index in [2.05, 4.69) is 21.9 Å². The van der Waals surface area contributed by atoms with Crippen molar-refractivity contribution in [2.45, 2.75) is 20.4 Å². The molecular weight excluding hydrogens is 180 g/mol. The zero-order chi connectivity index (χ0) is 9.97. The highest BCUT2D eigenvalue weighted by molar-refractivity contribution is 5.30. The number of rotatable bonds is 2. The van der Waals surface area contributed by atoms with E-state index in [-0.39, 0.29) is 0 Å². The van der Waals surface area contributed by atoms with Gasteiger partial charge in [0.2, 0.25) is 5.95 Å². The summed E-state index contributed by atoms with van der Waals surface area (Å²) in [4.78, 5) is 6.66. The molecule has 1 aliphatic heterocycles. The lowest BCUT2D eigenvalue weighted by atomic mass is 10.4. The van der Waals surface area contributed by atoms with Gasteiger partial charge in [-0.3, -0.25) is 0 Å². The van der Waals surface area contributed by atoms with Gasteiger partial charge in [-0.15, -0.1) is 0 Å². The van der Waals surface area contributed by atoms with Crippen LogP contribution in [0.1, 0.15) is 12.7 Å². The Hall–Kier alpha value is -1.10. The van der Waals surface area contributed by atoms with Crippen LogP contribution in [0.4, 0.5) is 5.95 Å². The lowest BCUT2D eigenvalue weighted by Gasteiger charge is -2.27. The Morgan fingerprint density at radius 3 is 2.71 bits per heavy atom. The van der Waals surface area contributed by atoms with Crippen molar-refractivity contribution in [1.29, 1.82) is 0 Å². The third-order valence-corrected chi connectivity index (χ3v) is 2.35. The first-order valence-electron chi connectivity index (χ1n) is 5.05. The molecule has 0 aromatic carbocycles. The molecule has 1 aliphatic rings. The smallest absolute Gasteiger partial charge is 0.224 e. The van der Waals surface area contributed by atoms with Crippen molar-refractivity contribution in [3.63, 3.8) is 0 Å². The predicted molar refractivity (Wildman–Crippen MR) is 53.5 cm³/mol. The second-order valence-corrected chi connectivity index (χ2v) is 3.37. The highest BCUT2D eigenvalue weighted by Crippen LogP contribution is 2.12. The summed E-state index contributed by atoms with van der Waals surface area (Å²) in [7, 11) is 0. The molecule has 1 aromatic rings. The van der Waals surface area contributed by atoms with E-state index in [1.165, 1.54) is 0 Å². The van der Waals surface area contributed by atoms with E-state index in [0.717, 1.165) is 44.6 Å². The fraction of sp³-hybridized carbons (Fsp3) is 0.778. The standard InChI is InChI=1S/C9H16N4O/c1-3-13-9(10-8(2)11-13)12-4-6-14-7-5-12/h3-7H2,1-2H3. The third kappa shape index (κ3) is 1.72. The molecule has 0 amide bonds. The molecule has 0 saturated carbocycles. The fourth-order valence-electron chi connectivity index (χ4n) is 1.65. The van der Waals surface area contributed by atoms with Crippen LogP contribution in [-0.2, 0) is 11.3 Å². The minimum atomic E-state index is 0.787. The maximum atomic E-state index is 5.30. The van der Waals surface area contributed by atoms with Gasteiger partial charge in [0.25, 0.3) is 0 Å². The second-order valence-electron chi connectivity index (χ2n) is 3.37. The van der Waals surface area contributed by atoms with Crippen LogP contribution in [0, 0.1) is 6.92 Å². The van der Waals surface area contributed by atoms with Crippen molar-refractivity contribution in [1.82, 2.24) is 14.8 Å². The molecule has 0 atom stereocenters. The average Bonchev–Trinajstić information content (AvgIpc) is 2.61. The van der Waals surface area contributed by atoms with Crippen molar-refractivity contribution in [3.8, 4) is 0 Å². The molecule has 1 aromatic heterocycles. The Labute approximate surface area is 83.7 Å². The van der Waals surface area contributed by atoms with Gasteiger partial charge in [-0.05, 0) is 13.8 Å². The first-order valence-corrected chi connectivity index (χ1v) is 5.05. The van der Waals surface area contributed by atoms with Crippen LogP contribution in [0.3, 0.4) is 0 Å². The number of anilines is 1. The Kier molecular flexibility index (Phi) is 2.67. The quantitative estimate of drug-likeness (QED) is 0.688. The molecule has 0 radical (unpaired) electrons. The molecule has 1 saturated heterocycles. The van der Waals surface area contributed by atoms with Gasteiger partial charge in [0, 0.05) is 19.6 Å². The molecule has 0 spiro atoms. The maximum Gasteiger partial charge on any atom is 0.224 e. The highest BCUT2D eigenvalue weighted by Gasteiger charge is 2.17. The number of hydrogen-bond donors (Lipinski definition) is 0. The molecule has 2 heterocycles. The van der Waals surface area contributed by atoms with Gasteiger partial charge < -0.3 is 9.64 Å². The van der Waals surface area contributed by atoms with E-state index < -0.39 is 0 Å². The van der Waals surface area contributed by atoms with Crippen molar-refractivity contribution < 1.29 is 4.74 Å². The summed E-state index contributed by atoms with van der Waals surface area (Å²) in [6.45, 7) is 8.28. The lowest BCUT2D eigenvalue weighted by Crippen LogP contribution is -2.38. The van der Waals surface area contributed by atoms with E-state index >= 15 is 0 Å². The second kappa shape index (κ2) is 3.96.